The zero-order valence-corrected chi connectivity index (χ0v) is 17.6. The Morgan fingerprint density at radius 1 is 0.967 bits per heavy atom. The number of hydrogen-bond acceptors (Lipinski definition) is 5. The van der Waals surface area contributed by atoms with Crippen LogP contribution in [0.2, 0.25) is 5.02 Å². The minimum absolute atomic E-state index is 0.143. The van der Waals surface area contributed by atoms with Gasteiger partial charge in [-0.05, 0) is 36.3 Å². The van der Waals surface area contributed by atoms with Crippen molar-refractivity contribution in [3.05, 3.63) is 64.2 Å². The minimum atomic E-state index is -0.681. The Morgan fingerprint density at radius 3 is 2.20 bits per heavy atom. The molecule has 7 nitrogen and oxygen atoms in total. The van der Waals surface area contributed by atoms with Gasteiger partial charge in [-0.25, -0.2) is 4.79 Å². The number of hydrogen-bond donors (Lipinski definition) is 0. The fourth-order valence-electron chi connectivity index (χ4n) is 2.95. The molecule has 0 radical (unpaired) electrons. The number of likely N-dealkylation sites (N-methyl/N-ethyl adjacent to an activating group) is 2. The second kappa shape index (κ2) is 9.00. The van der Waals surface area contributed by atoms with E-state index in [1.165, 1.54) is 20.2 Å². The van der Waals surface area contributed by atoms with Gasteiger partial charge in [-0.15, -0.1) is 0 Å². The number of amides is 4. The highest BCUT2D eigenvalue weighted by Gasteiger charge is 2.37. The van der Waals surface area contributed by atoms with Gasteiger partial charge in [-0.2, -0.15) is 0 Å². The summed E-state index contributed by atoms with van der Waals surface area (Å²) in [6, 6.07) is 12.1. The third-order valence-electron chi connectivity index (χ3n) is 4.51. The van der Waals surface area contributed by atoms with Crippen molar-refractivity contribution in [2.75, 3.05) is 20.7 Å². The first kappa shape index (κ1) is 21.4. The number of ether oxygens (including phenoxy) is 2. The van der Waals surface area contributed by atoms with E-state index in [1.807, 2.05) is 37.3 Å². The summed E-state index contributed by atoms with van der Waals surface area (Å²) < 4.78 is 11.5. The Labute approximate surface area is 179 Å². The smallest absolute Gasteiger partial charge is 0.333 e. The van der Waals surface area contributed by atoms with Gasteiger partial charge in [0.25, 0.3) is 11.8 Å². The molecule has 0 atom stereocenters. The lowest BCUT2D eigenvalue weighted by atomic mass is 10.1. The topological polar surface area (TPSA) is 76.2 Å². The maximum atomic E-state index is 12.4. The summed E-state index contributed by atoms with van der Waals surface area (Å²) in [4.78, 5) is 38.5. The number of benzene rings is 2. The van der Waals surface area contributed by atoms with Crippen LogP contribution < -0.4 is 9.47 Å². The largest absolute Gasteiger partial charge is 0.490 e. The highest BCUT2D eigenvalue weighted by Crippen LogP contribution is 2.38. The number of carbonyl (C=O) groups is 3. The third-order valence-corrected chi connectivity index (χ3v) is 4.79. The highest BCUT2D eigenvalue weighted by atomic mass is 35.5. The van der Waals surface area contributed by atoms with Crippen LogP contribution in [0.4, 0.5) is 4.79 Å². The maximum Gasteiger partial charge on any atom is 0.333 e. The van der Waals surface area contributed by atoms with Gasteiger partial charge in [0, 0.05) is 14.1 Å². The number of halogens is 1. The van der Waals surface area contributed by atoms with Crippen molar-refractivity contribution in [2.45, 2.75) is 13.5 Å². The molecule has 0 unspecified atom stereocenters. The van der Waals surface area contributed by atoms with E-state index in [0.29, 0.717) is 30.3 Å². The maximum absolute atomic E-state index is 12.4. The normalized spacial score (nSPS) is 14.3. The van der Waals surface area contributed by atoms with Gasteiger partial charge in [0.2, 0.25) is 0 Å². The summed E-state index contributed by atoms with van der Waals surface area (Å²) in [7, 11) is 2.64. The molecule has 4 amide bonds. The Bertz CT molecular complexity index is 994. The Morgan fingerprint density at radius 2 is 1.60 bits per heavy atom. The predicted octanol–water partition coefficient (Wildman–Crippen LogP) is 3.75. The van der Waals surface area contributed by atoms with Crippen LogP contribution in [0.3, 0.4) is 0 Å². The molecule has 1 fully saturated rings. The molecule has 0 spiro atoms. The number of rotatable bonds is 6. The minimum Gasteiger partial charge on any atom is -0.490 e. The van der Waals surface area contributed by atoms with E-state index < -0.39 is 17.8 Å². The third kappa shape index (κ3) is 4.31. The van der Waals surface area contributed by atoms with Gasteiger partial charge >= 0.3 is 6.03 Å². The quantitative estimate of drug-likeness (QED) is 0.517. The number of carbonyl (C=O) groups excluding carboxylic acids is 3. The van der Waals surface area contributed by atoms with Crippen LogP contribution in [-0.2, 0) is 16.2 Å². The van der Waals surface area contributed by atoms with Crippen molar-refractivity contribution in [3.63, 3.8) is 0 Å². The van der Waals surface area contributed by atoms with E-state index in [2.05, 4.69) is 0 Å². The molecule has 1 heterocycles. The predicted molar refractivity (Wildman–Crippen MR) is 112 cm³/mol. The van der Waals surface area contributed by atoms with Gasteiger partial charge in [0.1, 0.15) is 12.2 Å². The van der Waals surface area contributed by atoms with E-state index >= 15 is 0 Å². The fraction of sp³-hybridized carbons (Fsp3) is 0.227. The molecule has 156 valence electrons. The highest BCUT2D eigenvalue weighted by molar-refractivity contribution is 6.33. The van der Waals surface area contributed by atoms with Crippen LogP contribution in [0.1, 0.15) is 18.1 Å². The van der Waals surface area contributed by atoms with Gasteiger partial charge < -0.3 is 9.47 Å². The van der Waals surface area contributed by atoms with Crippen molar-refractivity contribution >= 4 is 35.5 Å². The number of barbiturate groups is 1. The molecule has 0 saturated carbocycles. The van der Waals surface area contributed by atoms with Crippen molar-refractivity contribution in [2.24, 2.45) is 0 Å². The van der Waals surface area contributed by atoms with Crippen LogP contribution in [0.5, 0.6) is 11.5 Å². The van der Waals surface area contributed by atoms with E-state index in [-0.39, 0.29) is 10.6 Å². The van der Waals surface area contributed by atoms with E-state index in [0.717, 1.165) is 15.4 Å². The Kier molecular flexibility index (Phi) is 6.42. The van der Waals surface area contributed by atoms with Gasteiger partial charge in [-0.3, -0.25) is 19.4 Å². The van der Waals surface area contributed by atoms with Gasteiger partial charge in [0.15, 0.2) is 11.5 Å². The summed E-state index contributed by atoms with van der Waals surface area (Å²) in [5.74, 6) is -0.598. The molecule has 30 heavy (non-hydrogen) atoms. The number of urea groups is 1. The Hall–Kier alpha value is -3.32. The second-order valence-corrected chi connectivity index (χ2v) is 7.01. The molecular weight excluding hydrogens is 408 g/mol. The molecule has 1 saturated heterocycles. The number of nitrogens with zero attached hydrogens (tertiary/aromatic N) is 2. The molecule has 1 aliphatic rings. The molecule has 0 aliphatic carbocycles. The molecule has 0 aromatic heterocycles. The monoisotopic (exact) mass is 428 g/mol. The van der Waals surface area contributed by atoms with E-state index in [4.69, 9.17) is 21.1 Å². The van der Waals surface area contributed by atoms with Crippen LogP contribution in [-0.4, -0.2) is 48.3 Å². The molecule has 1 aliphatic heterocycles. The zero-order chi connectivity index (χ0) is 21.8. The first-order valence-corrected chi connectivity index (χ1v) is 9.66. The summed E-state index contributed by atoms with van der Waals surface area (Å²) in [5, 5.41) is 0.275. The average molecular weight is 429 g/mol. The van der Waals surface area contributed by atoms with Gasteiger partial charge in [0.05, 0.1) is 11.6 Å². The molecule has 2 aromatic carbocycles. The van der Waals surface area contributed by atoms with Crippen LogP contribution in [0, 0.1) is 0 Å². The molecule has 2 aromatic rings. The lowest BCUT2D eigenvalue weighted by molar-refractivity contribution is -0.134. The summed E-state index contributed by atoms with van der Waals surface area (Å²) in [6.07, 6.45) is 1.39. The molecule has 3 rings (SSSR count). The second-order valence-electron chi connectivity index (χ2n) is 6.61. The summed E-state index contributed by atoms with van der Waals surface area (Å²) in [6.45, 7) is 2.50. The lowest BCUT2D eigenvalue weighted by Crippen LogP contribution is -2.52. The molecule has 0 N–H and O–H groups in total. The van der Waals surface area contributed by atoms with Crippen LogP contribution in [0.15, 0.2) is 48.0 Å². The Balaban J connectivity index is 1.94. The van der Waals surface area contributed by atoms with Crippen molar-refractivity contribution < 1.29 is 23.9 Å². The average Bonchev–Trinajstić information content (AvgIpc) is 2.74. The van der Waals surface area contributed by atoms with Gasteiger partial charge in [-0.1, -0.05) is 41.9 Å². The van der Waals surface area contributed by atoms with E-state index in [1.54, 1.807) is 12.1 Å². The standard InChI is InChI=1S/C22H21ClN2O5/c1-4-29-18-12-15(10-16-20(26)24(2)22(28)25(3)21(16)27)11-17(23)19(18)30-13-14-8-6-5-7-9-14/h5-12H,4,13H2,1-3H3. The first-order chi connectivity index (χ1) is 14.3. The summed E-state index contributed by atoms with van der Waals surface area (Å²) >= 11 is 6.43. The summed E-state index contributed by atoms with van der Waals surface area (Å²) in [5.41, 5.74) is 1.30. The number of imide groups is 2. The molecule has 8 heteroatoms. The first-order valence-electron chi connectivity index (χ1n) is 9.28. The van der Waals surface area contributed by atoms with Crippen molar-refractivity contribution in [1.29, 1.82) is 0 Å². The van der Waals surface area contributed by atoms with Crippen molar-refractivity contribution in [1.82, 2.24) is 9.80 Å². The van der Waals surface area contributed by atoms with Crippen LogP contribution >= 0.6 is 11.6 Å². The SMILES string of the molecule is CCOc1cc(C=C2C(=O)N(C)C(=O)N(C)C2=O)cc(Cl)c1OCc1ccccc1. The van der Waals surface area contributed by atoms with Crippen LogP contribution in [0.25, 0.3) is 6.08 Å². The lowest BCUT2D eigenvalue weighted by Gasteiger charge is -2.28. The van der Waals surface area contributed by atoms with Crippen molar-refractivity contribution in [3.8, 4) is 11.5 Å². The fourth-order valence-corrected chi connectivity index (χ4v) is 3.22. The molecule has 0 bridgehead atoms. The molecular formula is C22H21ClN2O5. The zero-order valence-electron chi connectivity index (χ0n) is 16.8. The van der Waals surface area contributed by atoms with E-state index in [9.17, 15) is 14.4 Å².